The summed E-state index contributed by atoms with van der Waals surface area (Å²) in [5, 5.41) is 0. The molecule has 2 N–H and O–H groups in total. The van der Waals surface area contributed by atoms with Gasteiger partial charge in [0, 0.05) is 26.2 Å². The Morgan fingerprint density at radius 2 is 1.38 bits per heavy atom. The molecule has 5 unspecified atom stereocenters. The monoisotopic (exact) mass is 548 g/mol. The molecule has 0 bridgehead atoms. The molecule has 11 nitrogen and oxygen atoms in total. The predicted octanol–water partition coefficient (Wildman–Crippen LogP) is 7.09. The second-order valence-corrected chi connectivity index (χ2v) is 19.4. The molecule has 1 heterocycles. The van der Waals surface area contributed by atoms with E-state index >= 15 is 4.20 Å². The number of hydrogen-bond donors (Lipinski definition) is 2. The molecular weight excluding hydrogens is 529 g/mol. The lowest BCUT2D eigenvalue weighted by Gasteiger charge is -2.21. The highest BCUT2D eigenvalue weighted by molar-refractivity contribution is 7.99. The van der Waals surface area contributed by atoms with Gasteiger partial charge in [-0.3, -0.25) is 0 Å². The lowest BCUT2D eigenvalue weighted by Crippen LogP contribution is -2.22. The van der Waals surface area contributed by atoms with E-state index in [4.69, 9.17) is 0 Å². The molecule has 1 aliphatic heterocycles. The van der Waals surface area contributed by atoms with Crippen molar-refractivity contribution in [3.8, 4) is 0 Å². The predicted molar refractivity (Wildman–Crippen MR) is 109 cm³/mol. The van der Waals surface area contributed by atoms with Crippen molar-refractivity contribution in [3.63, 3.8) is 0 Å². The quantitative estimate of drug-likeness (QED) is 0.213. The van der Waals surface area contributed by atoms with E-state index in [9.17, 15) is 26.4 Å². The summed E-state index contributed by atoms with van der Waals surface area (Å²) in [5.41, 5.74) is 0. The van der Waals surface area contributed by atoms with Gasteiger partial charge in [-0.25, -0.2) is 9.59 Å². The smallest absolute Gasteiger partial charge is 0.310 e. The van der Waals surface area contributed by atoms with E-state index in [0.717, 1.165) is 20.4 Å². The fraction of sp³-hybridized carbons (Fsp3) is 0.714. The van der Waals surface area contributed by atoms with Crippen LogP contribution in [0.15, 0.2) is 18.1 Å². The Kier molecular flexibility index (Phi) is 9.13. The molecule has 170 valence electrons. The Hall–Kier alpha value is 0.570. The molecule has 0 amide bonds. The molecule has 0 radical (unpaired) electrons. The first-order valence-electron chi connectivity index (χ1n) is 6.99. The van der Waals surface area contributed by atoms with Crippen LogP contribution in [-0.4, -0.2) is 46.7 Å². The van der Waals surface area contributed by atoms with Gasteiger partial charge in [0.15, 0.2) is 0 Å². The highest BCUT2D eigenvalue weighted by Crippen LogP contribution is 2.80. The largest absolute Gasteiger partial charge is 0.492 e. The molecule has 0 aromatic carbocycles. The van der Waals surface area contributed by atoms with Gasteiger partial charge < -0.3 is 13.6 Å². The van der Waals surface area contributed by atoms with Crippen LogP contribution in [0.2, 0.25) is 0 Å². The molecule has 1 rings (SSSR count). The first kappa shape index (κ1) is 27.6. The molecule has 0 aromatic heterocycles. The Bertz CT molecular complexity index is 898. The van der Waals surface area contributed by atoms with E-state index in [1.807, 2.05) is 0 Å². The minimum Gasteiger partial charge on any atom is -0.310 e. The number of nitrogens with one attached hydrogen (secondary N) is 2. The number of hydrogen-bond acceptors (Lipinski definition) is 11. The summed E-state index contributed by atoms with van der Waals surface area (Å²) in [6.07, 6.45) is 0. The van der Waals surface area contributed by atoms with Crippen molar-refractivity contribution in [2.45, 2.75) is 0 Å². The van der Waals surface area contributed by atoms with Crippen LogP contribution in [0, 0.1) is 0 Å². The van der Waals surface area contributed by atoms with Crippen molar-refractivity contribution in [1.82, 2.24) is 9.72 Å². The van der Waals surface area contributed by atoms with Crippen LogP contribution in [0.4, 0.5) is 21.0 Å². The van der Waals surface area contributed by atoms with Gasteiger partial charge in [-0.15, -0.1) is 9.03 Å². The molecule has 0 aliphatic carbocycles. The molecule has 5 atom stereocenters. The van der Waals surface area contributed by atoms with Gasteiger partial charge in [0.25, 0.3) is 0 Å². The van der Waals surface area contributed by atoms with Crippen LogP contribution < -0.4 is 9.72 Å². The number of halogens is 5. The SMILES string of the molecule is COP1(F)=NP(C)(C)=N[P+](F)(C=O)N[P+](F)(C=O)NP(F)(OC)=NP(F)(OC)=N1. The summed E-state index contributed by atoms with van der Waals surface area (Å²) in [6.45, 7) is 2.19. The second kappa shape index (κ2) is 9.60. The molecule has 0 saturated carbocycles. The third-order valence-electron chi connectivity index (χ3n) is 2.67. The topological polar surface area (TPSA) is 135 Å². The first-order chi connectivity index (χ1) is 13.0. The Morgan fingerprint density at radius 3 is 1.79 bits per heavy atom. The van der Waals surface area contributed by atoms with Crippen LogP contribution in [0.25, 0.3) is 0 Å². The maximum Gasteiger partial charge on any atom is 0.492 e. The summed E-state index contributed by atoms with van der Waals surface area (Å²) in [5.74, 6) is 0. The summed E-state index contributed by atoms with van der Waals surface area (Å²) >= 11 is 0. The minimum atomic E-state index is -5.27. The molecule has 0 fully saturated rings. The lowest BCUT2D eigenvalue weighted by atomic mass is 11.8. The van der Waals surface area contributed by atoms with Crippen LogP contribution >= 0.6 is 46.2 Å². The van der Waals surface area contributed by atoms with Gasteiger partial charge in [-0.2, -0.15) is 17.1 Å². The fourth-order valence-electron chi connectivity index (χ4n) is 1.68. The Morgan fingerprint density at radius 1 is 0.862 bits per heavy atom. The number of carbonyl (C=O) groups excluding carboxylic acids is 2. The maximum absolute atomic E-state index is 15.1. The van der Waals surface area contributed by atoms with Gasteiger partial charge in [0.2, 0.25) is 0 Å². The first-order valence-corrected chi connectivity index (χ1v) is 17.6. The summed E-state index contributed by atoms with van der Waals surface area (Å²) in [4.78, 5) is 25.2. The molecular formula is C7H19F5N6O5P6+2. The van der Waals surface area contributed by atoms with Crippen LogP contribution in [0.5, 0.6) is 0 Å². The maximum atomic E-state index is 15.1. The average molecular weight is 548 g/mol. The van der Waals surface area contributed by atoms with E-state index in [-0.39, 0.29) is 0 Å². The van der Waals surface area contributed by atoms with Crippen LogP contribution in [0.1, 0.15) is 0 Å². The van der Waals surface area contributed by atoms with Gasteiger partial charge in [0.05, 0.1) is 0 Å². The summed E-state index contributed by atoms with van der Waals surface area (Å²) < 4.78 is 101. The Labute approximate surface area is 165 Å². The highest BCUT2D eigenvalue weighted by atomic mass is 31.3. The molecule has 0 saturated heterocycles. The molecule has 29 heavy (non-hydrogen) atoms. The third kappa shape index (κ3) is 7.58. The summed E-state index contributed by atoms with van der Waals surface area (Å²) in [6, 6.07) is -0.969. The molecule has 1 aliphatic rings. The minimum absolute atomic E-state index is 0.429. The van der Waals surface area contributed by atoms with Crippen molar-refractivity contribution in [2.24, 2.45) is 18.1 Å². The van der Waals surface area contributed by atoms with E-state index in [1.54, 1.807) is 0 Å². The number of rotatable bonds is 5. The van der Waals surface area contributed by atoms with E-state index in [2.05, 4.69) is 31.6 Å². The zero-order chi connectivity index (χ0) is 22.8. The molecule has 0 aromatic rings. The van der Waals surface area contributed by atoms with Crippen molar-refractivity contribution in [1.29, 1.82) is 0 Å². The van der Waals surface area contributed by atoms with E-state index in [1.165, 1.54) is 9.72 Å². The molecule has 0 spiro atoms. The number of carbonyl (C=O) groups is 2. The van der Waals surface area contributed by atoms with Crippen molar-refractivity contribution in [2.75, 3.05) is 34.7 Å². The normalized spacial score (nSPS) is 43.2. The van der Waals surface area contributed by atoms with Gasteiger partial charge in [-0.1, -0.05) is 4.52 Å². The van der Waals surface area contributed by atoms with Gasteiger partial charge in [0.1, 0.15) is 7.21 Å². The third-order valence-corrected chi connectivity index (χ3v) is 18.1. The van der Waals surface area contributed by atoms with Crippen molar-refractivity contribution >= 4 is 58.2 Å². The molecule has 22 heteroatoms. The van der Waals surface area contributed by atoms with Crippen molar-refractivity contribution < 1.29 is 44.1 Å². The van der Waals surface area contributed by atoms with Gasteiger partial charge >= 0.3 is 51.0 Å². The number of nitrogens with zero attached hydrogens (tertiary/aromatic N) is 4. The average Bonchev–Trinajstić information content (AvgIpc) is 2.59. The Balaban J connectivity index is 4.11. The second-order valence-electron chi connectivity index (χ2n) is 5.34. The van der Waals surface area contributed by atoms with Gasteiger partial charge in [-0.05, 0) is 26.6 Å². The summed E-state index contributed by atoms with van der Waals surface area (Å²) in [7, 11) is -27.1. The standard InChI is InChI=1S/C7H19F5N6O5P6/c1-21-27(10)14-24(4,5)13-25(8,6-19)15-26(9,7-20)16-28(11,22-2)18-29(12,17-27)23-3/h6-7,15-16H,1-5H3/q+2. The zero-order valence-electron chi connectivity index (χ0n) is 15.6. The zero-order valence-corrected chi connectivity index (χ0v) is 20.9. The van der Waals surface area contributed by atoms with E-state index < -0.39 is 58.2 Å². The van der Waals surface area contributed by atoms with Crippen LogP contribution in [-0.2, 0) is 23.2 Å². The van der Waals surface area contributed by atoms with E-state index in [0.29, 0.717) is 14.2 Å². The fourth-order valence-corrected chi connectivity index (χ4v) is 17.2. The highest BCUT2D eigenvalue weighted by Gasteiger charge is 2.62. The van der Waals surface area contributed by atoms with Crippen LogP contribution in [0.3, 0.4) is 0 Å². The lowest BCUT2D eigenvalue weighted by molar-refractivity contribution is 0.401. The van der Waals surface area contributed by atoms with Crippen molar-refractivity contribution in [3.05, 3.63) is 0 Å².